The van der Waals surface area contributed by atoms with E-state index in [1.807, 2.05) is 17.9 Å². The van der Waals surface area contributed by atoms with E-state index in [9.17, 15) is 14.3 Å². The summed E-state index contributed by atoms with van der Waals surface area (Å²) in [6, 6.07) is 11.5. The molecule has 3 aromatic rings. The lowest BCUT2D eigenvalue weighted by Crippen LogP contribution is -2.26. The van der Waals surface area contributed by atoms with E-state index in [0.29, 0.717) is 18.9 Å². The third-order valence-electron chi connectivity index (χ3n) is 4.92. The maximum absolute atomic E-state index is 13.4. The fourth-order valence-corrected chi connectivity index (χ4v) is 3.60. The number of aromatic carboxylic acids is 1. The first-order valence-corrected chi connectivity index (χ1v) is 9.39. The molecule has 2 heterocycles. The summed E-state index contributed by atoms with van der Waals surface area (Å²) < 4.78 is 18.6. The van der Waals surface area contributed by atoms with Crippen LogP contribution in [-0.4, -0.2) is 39.2 Å². The van der Waals surface area contributed by atoms with Crippen molar-refractivity contribution in [1.29, 1.82) is 0 Å². The highest BCUT2D eigenvalue weighted by Crippen LogP contribution is 2.39. The summed E-state index contributed by atoms with van der Waals surface area (Å²) in [5.41, 5.74) is 2.49. The van der Waals surface area contributed by atoms with E-state index in [-0.39, 0.29) is 29.4 Å². The number of hydrogen-bond acceptors (Lipinski definition) is 7. The summed E-state index contributed by atoms with van der Waals surface area (Å²) in [4.78, 5) is 26.5. The third-order valence-corrected chi connectivity index (χ3v) is 4.92. The Morgan fingerprint density at radius 3 is 2.80 bits per heavy atom. The lowest BCUT2D eigenvalue weighted by molar-refractivity contribution is 0.0696. The van der Waals surface area contributed by atoms with E-state index in [1.165, 1.54) is 19.2 Å². The number of rotatable bonds is 6. The van der Waals surface area contributed by atoms with Crippen LogP contribution in [0.3, 0.4) is 0 Å². The van der Waals surface area contributed by atoms with Crippen LogP contribution < -0.4 is 15.0 Å². The Labute approximate surface area is 172 Å². The standard InChI is InChI=1S/C21H20FN5O3/c1-12-9-16-15(18(28)29)7-4-8-17(16)27(12)20-24-19(25-21(26-20)30-2)23-11-13-5-3-6-14(22)10-13/h3-8,10,12H,9,11H2,1-2H3,(H,28,29)(H,23,24,25,26). The molecule has 154 valence electrons. The number of nitrogens with one attached hydrogen (secondary N) is 1. The SMILES string of the molecule is COc1nc(NCc2cccc(F)c2)nc(N2c3cccc(C(=O)O)c3CC2C)n1. The molecule has 1 aliphatic rings. The number of nitrogens with zero attached hydrogens (tertiary/aromatic N) is 4. The Balaban J connectivity index is 1.67. The number of halogens is 1. The topological polar surface area (TPSA) is 100 Å². The zero-order chi connectivity index (χ0) is 21.3. The highest BCUT2D eigenvalue weighted by Gasteiger charge is 2.32. The van der Waals surface area contributed by atoms with Crippen molar-refractivity contribution in [2.24, 2.45) is 0 Å². The van der Waals surface area contributed by atoms with Gasteiger partial charge in [-0.2, -0.15) is 15.0 Å². The van der Waals surface area contributed by atoms with Gasteiger partial charge in [-0.1, -0.05) is 18.2 Å². The normalized spacial score (nSPS) is 15.0. The van der Waals surface area contributed by atoms with Crippen molar-refractivity contribution in [3.05, 3.63) is 65.0 Å². The molecule has 1 atom stereocenters. The third kappa shape index (κ3) is 3.73. The van der Waals surface area contributed by atoms with E-state index in [4.69, 9.17) is 4.74 Å². The molecule has 0 spiro atoms. The van der Waals surface area contributed by atoms with Gasteiger partial charge in [0.05, 0.1) is 12.7 Å². The van der Waals surface area contributed by atoms with Gasteiger partial charge in [-0.15, -0.1) is 0 Å². The second kappa shape index (κ2) is 7.94. The van der Waals surface area contributed by atoms with Crippen molar-refractivity contribution >= 4 is 23.6 Å². The van der Waals surface area contributed by atoms with Gasteiger partial charge in [0.25, 0.3) is 0 Å². The largest absolute Gasteiger partial charge is 0.478 e. The van der Waals surface area contributed by atoms with Crippen molar-refractivity contribution in [3.8, 4) is 6.01 Å². The van der Waals surface area contributed by atoms with Gasteiger partial charge in [0.15, 0.2) is 0 Å². The van der Waals surface area contributed by atoms with Crippen LogP contribution >= 0.6 is 0 Å². The number of hydrogen-bond donors (Lipinski definition) is 2. The second-order valence-corrected chi connectivity index (χ2v) is 6.96. The summed E-state index contributed by atoms with van der Waals surface area (Å²) >= 11 is 0. The van der Waals surface area contributed by atoms with Crippen molar-refractivity contribution in [2.75, 3.05) is 17.3 Å². The molecule has 0 saturated carbocycles. The Morgan fingerprint density at radius 2 is 2.07 bits per heavy atom. The number of methoxy groups -OCH3 is 1. The summed E-state index contributed by atoms with van der Waals surface area (Å²) in [7, 11) is 1.46. The zero-order valence-electron chi connectivity index (χ0n) is 16.5. The first-order valence-electron chi connectivity index (χ1n) is 9.39. The maximum atomic E-state index is 13.4. The smallest absolute Gasteiger partial charge is 0.336 e. The van der Waals surface area contributed by atoms with Crippen LogP contribution in [-0.2, 0) is 13.0 Å². The molecule has 2 N–H and O–H groups in total. The predicted octanol–water partition coefficient (Wildman–Crippen LogP) is 3.41. The Hall–Kier alpha value is -3.75. The van der Waals surface area contributed by atoms with Crippen molar-refractivity contribution in [3.63, 3.8) is 0 Å². The lowest BCUT2D eigenvalue weighted by Gasteiger charge is -2.23. The molecule has 30 heavy (non-hydrogen) atoms. The molecule has 0 fully saturated rings. The minimum Gasteiger partial charge on any atom is -0.478 e. The summed E-state index contributed by atoms with van der Waals surface area (Å²) in [5, 5.41) is 12.6. The van der Waals surface area contributed by atoms with Crippen LogP contribution in [0.15, 0.2) is 42.5 Å². The van der Waals surface area contributed by atoms with E-state index < -0.39 is 5.97 Å². The fourth-order valence-electron chi connectivity index (χ4n) is 3.60. The van der Waals surface area contributed by atoms with Gasteiger partial charge in [-0.05, 0) is 48.7 Å². The highest BCUT2D eigenvalue weighted by atomic mass is 19.1. The van der Waals surface area contributed by atoms with Crippen LogP contribution in [0.4, 0.5) is 22.0 Å². The number of benzene rings is 2. The quantitative estimate of drug-likeness (QED) is 0.639. The number of ether oxygens (including phenoxy) is 1. The number of carbonyl (C=O) groups is 1. The summed E-state index contributed by atoms with van der Waals surface area (Å²) in [5.74, 6) is -0.667. The van der Waals surface area contributed by atoms with E-state index in [0.717, 1.165) is 16.8 Å². The zero-order valence-corrected chi connectivity index (χ0v) is 16.5. The van der Waals surface area contributed by atoms with Crippen LogP contribution in [0.25, 0.3) is 0 Å². The number of aromatic nitrogens is 3. The molecule has 0 bridgehead atoms. The van der Waals surface area contributed by atoms with Crippen molar-refractivity contribution < 1.29 is 19.0 Å². The van der Waals surface area contributed by atoms with Gasteiger partial charge in [-0.3, -0.25) is 0 Å². The average molecular weight is 409 g/mol. The number of anilines is 3. The molecule has 1 unspecified atom stereocenters. The molecule has 0 aliphatic carbocycles. The molecule has 0 radical (unpaired) electrons. The average Bonchev–Trinajstić information content (AvgIpc) is 3.07. The van der Waals surface area contributed by atoms with Crippen LogP contribution in [0.1, 0.15) is 28.4 Å². The van der Waals surface area contributed by atoms with Gasteiger partial charge < -0.3 is 20.1 Å². The van der Waals surface area contributed by atoms with Gasteiger partial charge >= 0.3 is 12.0 Å². The molecular weight excluding hydrogens is 389 g/mol. The molecule has 1 aromatic heterocycles. The lowest BCUT2D eigenvalue weighted by atomic mass is 10.0. The minimum absolute atomic E-state index is 0.0522. The molecule has 0 amide bonds. The van der Waals surface area contributed by atoms with E-state index in [2.05, 4.69) is 20.3 Å². The Morgan fingerprint density at radius 1 is 1.27 bits per heavy atom. The van der Waals surface area contributed by atoms with Gasteiger partial charge in [0.1, 0.15) is 5.82 Å². The minimum atomic E-state index is -0.966. The molecule has 9 heteroatoms. The Kier molecular flexibility index (Phi) is 5.18. The number of fused-ring (bicyclic) bond motifs is 1. The maximum Gasteiger partial charge on any atom is 0.336 e. The van der Waals surface area contributed by atoms with Crippen LogP contribution in [0, 0.1) is 5.82 Å². The molecule has 2 aromatic carbocycles. The summed E-state index contributed by atoms with van der Waals surface area (Å²) in [6.45, 7) is 2.29. The molecule has 8 nitrogen and oxygen atoms in total. The van der Waals surface area contributed by atoms with Crippen molar-refractivity contribution in [1.82, 2.24) is 15.0 Å². The highest BCUT2D eigenvalue weighted by molar-refractivity contribution is 5.92. The molecule has 0 saturated heterocycles. The monoisotopic (exact) mass is 409 g/mol. The number of carboxylic acid groups (broad SMARTS) is 1. The summed E-state index contributed by atoms with van der Waals surface area (Å²) in [6.07, 6.45) is 0.553. The first kappa shape index (κ1) is 19.6. The van der Waals surface area contributed by atoms with Gasteiger partial charge in [0.2, 0.25) is 11.9 Å². The van der Waals surface area contributed by atoms with Crippen molar-refractivity contribution in [2.45, 2.75) is 25.9 Å². The molecule has 4 rings (SSSR count). The van der Waals surface area contributed by atoms with Gasteiger partial charge in [0, 0.05) is 18.3 Å². The molecule has 1 aliphatic heterocycles. The van der Waals surface area contributed by atoms with Gasteiger partial charge in [-0.25, -0.2) is 9.18 Å². The van der Waals surface area contributed by atoms with E-state index >= 15 is 0 Å². The predicted molar refractivity (Wildman–Crippen MR) is 109 cm³/mol. The Bertz CT molecular complexity index is 1110. The fraction of sp³-hybridized carbons (Fsp3) is 0.238. The second-order valence-electron chi connectivity index (χ2n) is 6.96. The number of carboxylic acids is 1. The van der Waals surface area contributed by atoms with E-state index in [1.54, 1.807) is 24.3 Å². The first-order chi connectivity index (χ1) is 14.5. The molecular formula is C21H20FN5O3. The van der Waals surface area contributed by atoms with Crippen LogP contribution in [0.5, 0.6) is 6.01 Å². The van der Waals surface area contributed by atoms with Crippen LogP contribution in [0.2, 0.25) is 0 Å².